The molecule has 2 heterocycles. The van der Waals surface area contributed by atoms with E-state index in [-0.39, 0.29) is 0 Å². The maximum atomic E-state index is 5.51. The van der Waals surface area contributed by atoms with E-state index >= 15 is 0 Å². The first-order valence-corrected chi connectivity index (χ1v) is 5.75. The van der Waals surface area contributed by atoms with Gasteiger partial charge in [-0.3, -0.25) is 0 Å². The van der Waals surface area contributed by atoms with E-state index in [0.29, 0.717) is 11.8 Å². The largest absolute Gasteiger partial charge is 0.461 e. The fourth-order valence-electron chi connectivity index (χ4n) is 1.57. The summed E-state index contributed by atoms with van der Waals surface area (Å²) >= 11 is 0. The molecule has 0 aliphatic rings. The van der Waals surface area contributed by atoms with Crippen molar-refractivity contribution >= 4 is 0 Å². The molecule has 0 saturated heterocycles. The van der Waals surface area contributed by atoms with Crippen LogP contribution in [0, 0.1) is 0 Å². The van der Waals surface area contributed by atoms with Gasteiger partial charge in [0.1, 0.15) is 0 Å². The van der Waals surface area contributed by atoms with E-state index in [4.69, 9.17) is 8.83 Å². The van der Waals surface area contributed by atoms with Crippen LogP contribution in [0.4, 0.5) is 0 Å². The first-order chi connectivity index (χ1) is 7.58. The van der Waals surface area contributed by atoms with Crippen LogP contribution < -0.4 is 0 Å². The normalized spacial score (nSPS) is 11.6. The monoisotopic (exact) mass is 218 g/mol. The van der Waals surface area contributed by atoms with Gasteiger partial charge >= 0.3 is 0 Å². The molecule has 0 saturated carbocycles. The van der Waals surface area contributed by atoms with Gasteiger partial charge in [-0.2, -0.15) is 0 Å². The second-order valence-corrected chi connectivity index (χ2v) is 4.80. The first-order valence-electron chi connectivity index (χ1n) is 5.75. The molecule has 2 aromatic rings. The van der Waals surface area contributed by atoms with Crippen LogP contribution in [0.2, 0.25) is 0 Å². The van der Waals surface area contributed by atoms with Gasteiger partial charge in [0.25, 0.3) is 0 Å². The molecule has 0 unspecified atom stereocenters. The standard InChI is InChI=1S/C14H18O2/c1-9(2)11-5-13(15-7-11)14-6-12(8-16-14)10(3)4/h5-10H,1-4H3. The van der Waals surface area contributed by atoms with Gasteiger partial charge in [-0.15, -0.1) is 0 Å². The quantitative estimate of drug-likeness (QED) is 0.740. The van der Waals surface area contributed by atoms with Crippen molar-refractivity contribution in [3.8, 4) is 11.5 Å². The summed E-state index contributed by atoms with van der Waals surface area (Å²) in [6.07, 6.45) is 3.61. The summed E-state index contributed by atoms with van der Waals surface area (Å²) in [4.78, 5) is 0. The van der Waals surface area contributed by atoms with Crippen LogP contribution >= 0.6 is 0 Å². The van der Waals surface area contributed by atoms with Crippen molar-refractivity contribution in [3.05, 3.63) is 35.8 Å². The average Bonchev–Trinajstić information content (AvgIpc) is 2.86. The molecule has 0 aromatic carbocycles. The Bertz CT molecular complexity index is 416. The lowest BCUT2D eigenvalue weighted by Gasteiger charge is -1.96. The van der Waals surface area contributed by atoms with Crippen molar-refractivity contribution in [2.45, 2.75) is 39.5 Å². The summed E-state index contributed by atoms with van der Waals surface area (Å²) < 4.78 is 11.0. The zero-order valence-electron chi connectivity index (χ0n) is 10.3. The smallest absolute Gasteiger partial charge is 0.169 e. The molecule has 2 aromatic heterocycles. The van der Waals surface area contributed by atoms with E-state index in [0.717, 1.165) is 11.5 Å². The lowest BCUT2D eigenvalue weighted by Crippen LogP contribution is -1.81. The SMILES string of the molecule is CC(C)c1coc(-c2cc(C(C)C)co2)c1. The molecule has 0 spiro atoms. The van der Waals surface area contributed by atoms with Crippen molar-refractivity contribution in [1.29, 1.82) is 0 Å². The molecule has 86 valence electrons. The molecule has 2 nitrogen and oxygen atoms in total. The van der Waals surface area contributed by atoms with Gasteiger partial charge in [-0.1, -0.05) is 27.7 Å². The maximum absolute atomic E-state index is 5.51. The molecular weight excluding hydrogens is 200 g/mol. The molecule has 0 aliphatic carbocycles. The minimum Gasteiger partial charge on any atom is -0.461 e. The van der Waals surface area contributed by atoms with Crippen LogP contribution in [0.5, 0.6) is 0 Å². The first kappa shape index (κ1) is 11.1. The zero-order chi connectivity index (χ0) is 11.7. The Morgan fingerprint density at radius 1 is 0.750 bits per heavy atom. The molecule has 0 amide bonds. The maximum Gasteiger partial charge on any atom is 0.169 e. The van der Waals surface area contributed by atoms with Crippen LogP contribution in [-0.4, -0.2) is 0 Å². The van der Waals surface area contributed by atoms with Gasteiger partial charge in [-0.05, 0) is 35.1 Å². The van der Waals surface area contributed by atoms with Gasteiger partial charge < -0.3 is 8.83 Å². The summed E-state index contributed by atoms with van der Waals surface area (Å²) in [5.41, 5.74) is 2.41. The molecule has 0 radical (unpaired) electrons. The Hall–Kier alpha value is -1.44. The summed E-state index contributed by atoms with van der Waals surface area (Å²) in [7, 11) is 0. The van der Waals surface area contributed by atoms with Crippen LogP contribution in [0.15, 0.2) is 33.5 Å². The summed E-state index contributed by atoms with van der Waals surface area (Å²) in [5.74, 6) is 2.60. The van der Waals surface area contributed by atoms with Gasteiger partial charge in [0.2, 0.25) is 0 Å². The highest BCUT2D eigenvalue weighted by Gasteiger charge is 2.12. The molecule has 0 bridgehead atoms. The van der Waals surface area contributed by atoms with E-state index in [1.807, 2.05) is 12.1 Å². The molecule has 0 N–H and O–H groups in total. The lowest BCUT2D eigenvalue weighted by molar-refractivity contribution is 0.521. The van der Waals surface area contributed by atoms with Gasteiger partial charge in [0.05, 0.1) is 12.5 Å². The Labute approximate surface area is 96.3 Å². The number of furan rings is 2. The zero-order valence-corrected chi connectivity index (χ0v) is 10.3. The number of hydrogen-bond donors (Lipinski definition) is 0. The van der Waals surface area contributed by atoms with Gasteiger partial charge in [0.15, 0.2) is 11.5 Å². The lowest BCUT2D eigenvalue weighted by atomic mass is 10.1. The second-order valence-electron chi connectivity index (χ2n) is 4.80. The third-order valence-corrected chi connectivity index (χ3v) is 2.82. The van der Waals surface area contributed by atoms with Gasteiger partial charge in [0, 0.05) is 0 Å². The van der Waals surface area contributed by atoms with E-state index in [1.165, 1.54) is 11.1 Å². The van der Waals surface area contributed by atoms with E-state index in [1.54, 1.807) is 12.5 Å². The second kappa shape index (κ2) is 4.20. The average molecular weight is 218 g/mol. The third kappa shape index (κ3) is 2.06. The highest BCUT2D eigenvalue weighted by Crippen LogP contribution is 2.29. The summed E-state index contributed by atoms with van der Waals surface area (Å²) in [6, 6.07) is 4.10. The predicted octanol–water partition coefficient (Wildman–Crippen LogP) is 4.79. The van der Waals surface area contributed by atoms with E-state index < -0.39 is 0 Å². The Kier molecular flexibility index (Phi) is 2.90. The topological polar surface area (TPSA) is 26.3 Å². The molecule has 0 fully saturated rings. The molecule has 16 heavy (non-hydrogen) atoms. The highest BCUT2D eigenvalue weighted by molar-refractivity contribution is 5.52. The summed E-state index contributed by atoms with van der Waals surface area (Å²) in [6.45, 7) is 8.60. The van der Waals surface area contributed by atoms with Crippen LogP contribution in [0.1, 0.15) is 50.7 Å². The van der Waals surface area contributed by atoms with Crippen molar-refractivity contribution in [1.82, 2.24) is 0 Å². The Morgan fingerprint density at radius 2 is 1.12 bits per heavy atom. The minimum absolute atomic E-state index is 0.483. The molecule has 0 atom stereocenters. The van der Waals surface area contributed by atoms with Crippen molar-refractivity contribution < 1.29 is 8.83 Å². The fourth-order valence-corrected chi connectivity index (χ4v) is 1.57. The van der Waals surface area contributed by atoms with Crippen LogP contribution in [0.3, 0.4) is 0 Å². The Balaban J connectivity index is 2.28. The highest BCUT2D eigenvalue weighted by atomic mass is 16.4. The summed E-state index contributed by atoms with van der Waals surface area (Å²) in [5, 5.41) is 0. The minimum atomic E-state index is 0.483. The molecular formula is C14H18O2. The third-order valence-electron chi connectivity index (χ3n) is 2.82. The fraction of sp³-hybridized carbons (Fsp3) is 0.429. The molecule has 2 heteroatoms. The number of hydrogen-bond acceptors (Lipinski definition) is 2. The van der Waals surface area contributed by atoms with Crippen LogP contribution in [-0.2, 0) is 0 Å². The predicted molar refractivity (Wildman–Crippen MR) is 64.6 cm³/mol. The van der Waals surface area contributed by atoms with E-state index in [9.17, 15) is 0 Å². The van der Waals surface area contributed by atoms with Crippen LogP contribution in [0.25, 0.3) is 11.5 Å². The van der Waals surface area contributed by atoms with Crippen molar-refractivity contribution in [2.24, 2.45) is 0 Å². The van der Waals surface area contributed by atoms with Gasteiger partial charge in [-0.25, -0.2) is 0 Å². The van der Waals surface area contributed by atoms with Crippen molar-refractivity contribution in [2.75, 3.05) is 0 Å². The number of rotatable bonds is 3. The molecule has 0 aliphatic heterocycles. The molecule has 2 rings (SSSR count). The van der Waals surface area contributed by atoms with Crippen molar-refractivity contribution in [3.63, 3.8) is 0 Å². The Morgan fingerprint density at radius 3 is 1.38 bits per heavy atom. The van der Waals surface area contributed by atoms with E-state index in [2.05, 4.69) is 27.7 Å².